The summed E-state index contributed by atoms with van der Waals surface area (Å²) in [6.07, 6.45) is 0.181. The lowest BCUT2D eigenvalue weighted by Crippen LogP contribution is -2.31. The van der Waals surface area contributed by atoms with Crippen molar-refractivity contribution in [3.8, 4) is 11.5 Å². The van der Waals surface area contributed by atoms with Gasteiger partial charge < -0.3 is 15.8 Å². The van der Waals surface area contributed by atoms with Gasteiger partial charge in [-0.25, -0.2) is 0 Å². The summed E-state index contributed by atoms with van der Waals surface area (Å²) in [5.74, 6) is -0.844. The van der Waals surface area contributed by atoms with Crippen LogP contribution >= 0.6 is 15.9 Å². The lowest BCUT2D eigenvalue weighted by Gasteiger charge is -2.04. The van der Waals surface area contributed by atoms with E-state index in [1.165, 1.54) is 4.80 Å². The third-order valence-electron chi connectivity index (χ3n) is 4.39. The number of hydrogen-bond acceptors (Lipinski definition) is 6. The van der Waals surface area contributed by atoms with Crippen LogP contribution in [0.3, 0.4) is 0 Å². The number of aromatic nitrogens is 5. The number of nitrogens with one attached hydrogen (secondary N) is 1. The van der Waals surface area contributed by atoms with Crippen LogP contribution in [0, 0.1) is 13.8 Å². The van der Waals surface area contributed by atoms with E-state index in [0.717, 1.165) is 10.0 Å². The maximum absolute atomic E-state index is 13.0. The molecule has 1 unspecified atom stereocenters. The molecular formula is C18H19BrN6O3. The summed E-state index contributed by atoms with van der Waals surface area (Å²) < 4.78 is 0.827. The zero-order valence-corrected chi connectivity index (χ0v) is 16.9. The van der Waals surface area contributed by atoms with Crippen LogP contribution in [-0.2, 0) is 11.3 Å². The smallest absolute Gasteiger partial charge is 0.320 e. The number of halogens is 1. The number of H-pyrrole nitrogens is 1. The molecule has 1 aromatic carbocycles. The van der Waals surface area contributed by atoms with Crippen LogP contribution < -0.4 is 5.73 Å². The number of carboxylic acid groups (broad SMARTS) is 1. The highest BCUT2D eigenvalue weighted by atomic mass is 79.9. The molecule has 0 amide bonds. The number of ketones is 1. The Kier molecular flexibility index (Phi) is 5.71. The van der Waals surface area contributed by atoms with E-state index in [1.807, 2.05) is 26.0 Å². The first-order valence-corrected chi connectivity index (χ1v) is 9.33. The second kappa shape index (κ2) is 8.03. The lowest BCUT2D eigenvalue weighted by molar-refractivity contribution is -0.138. The van der Waals surface area contributed by atoms with E-state index >= 15 is 0 Å². The molecule has 10 heteroatoms. The van der Waals surface area contributed by atoms with Crippen LogP contribution in [0.2, 0.25) is 0 Å². The molecular weight excluding hydrogens is 428 g/mol. The Morgan fingerprint density at radius 3 is 2.79 bits per heavy atom. The van der Waals surface area contributed by atoms with Crippen molar-refractivity contribution in [1.29, 1.82) is 0 Å². The fourth-order valence-corrected chi connectivity index (χ4v) is 3.30. The molecule has 0 aliphatic carbocycles. The number of tetrazole rings is 1. The maximum Gasteiger partial charge on any atom is 0.320 e. The van der Waals surface area contributed by atoms with Crippen molar-refractivity contribution in [2.45, 2.75) is 32.9 Å². The highest BCUT2D eigenvalue weighted by Crippen LogP contribution is 2.27. The van der Waals surface area contributed by atoms with E-state index in [2.05, 4.69) is 36.3 Å². The molecule has 3 rings (SSSR count). The molecule has 0 saturated carbocycles. The van der Waals surface area contributed by atoms with Gasteiger partial charge >= 0.3 is 5.97 Å². The number of nitrogens with two attached hydrogens (primary N) is 1. The summed E-state index contributed by atoms with van der Waals surface area (Å²) >= 11 is 3.38. The van der Waals surface area contributed by atoms with Crippen molar-refractivity contribution < 1.29 is 14.7 Å². The monoisotopic (exact) mass is 446 g/mol. The summed E-state index contributed by atoms with van der Waals surface area (Å²) in [6.45, 7) is 3.87. The van der Waals surface area contributed by atoms with Gasteiger partial charge in [-0.15, -0.1) is 10.2 Å². The third kappa shape index (κ3) is 4.02. The van der Waals surface area contributed by atoms with Crippen molar-refractivity contribution in [1.82, 2.24) is 25.2 Å². The van der Waals surface area contributed by atoms with Crippen LogP contribution in [0.5, 0.6) is 0 Å². The van der Waals surface area contributed by atoms with Gasteiger partial charge in [0, 0.05) is 21.3 Å². The molecule has 28 heavy (non-hydrogen) atoms. The van der Waals surface area contributed by atoms with Gasteiger partial charge in [0.05, 0.1) is 12.2 Å². The van der Waals surface area contributed by atoms with Crippen molar-refractivity contribution >= 4 is 27.7 Å². The molecule has 2 heterocycles. The van der Waals surface area contributed by atoms with Crippen molar-refractivity contribution in [2.75, 3.05) is 0 Å². The normalized spacial score (nSPS) is 12.1. The molecule has 0 radical (unpaired) electrons. The number of nitrogens with zero attached hydrogens (tertiary/aromatic N) is 4. The van der Waals surface area contributed by atoms with Gasteiger partial charge in [-0.05, 0) is 43.2 Å². The molecule has 146 valence electrons. The van der Waals surface area contributed by atoms with E-state index in [4.69, 9.17) is 10.8 Å². The van der Waals surface area contributed by atoms with Crippen LogP contribution in [-0.4, -0.2) is 48.1 Å². The zero-order valence-electron chi connectivity index (χ0n) is 15.3. The second-order valence-electron chi connectivity index (χ2n) is 6.41. The SMILES string of the molecule is Cc1[nH]c(-c2nnn(CCC(N)C(=O)O)n2)c(C)c1C(=O)c1cccc(Br)c1. The molecule has 4 N–H and O–H groups in total. The number of carbonyl (C=O) groups is 2. The topological polar surface area (TPSA) is 140 Å². The summed E-state index contributed by atoms with van der Waals surface area (Å²) in [4.78, 5) is 28.2. The Morgan fingerprint density at radius 2 is 2.11 bits per heavy atom. The molecule has 1 atom stereocenters. The van der Waals surface area contributed by atoms with Gasteiger partial charge in [0.25, 0.3) is 0 Å². The van der Waals surface area contributed by atoms with E-state index in [1.54, 1.807) is 12.1 Å². The number of aliphatic carboxylic acids is 1. The van der Waals surface area contributed by atoms with Gasteiger partial charge in [-0.2, -0.15) is 4.80 Å². The summed E-state index contributed by atoms with van der Waals surface area (Å²) in [5.41, 5.74) is 8.67. The second-order valence-corrected chi connectivity index (χ2v) is 7.32. The van der Waals surface area contributed by atoms with Crippen LogP contribution in [0.15, 0.2) is 28.7 Å². The predicted octanol–water partition coefficient (Wildman–Crippen LogP) is 2.08. The number of rotatable bonds is 7. The van der Waals surface area contributed by atoms with E-state index < -0.39 is 12.0 Å². The van der Waals surface area contributed by atoms with Crippen LogP contribution in [0.1, 0.15) is 33.6 Å². The maximum atomic E-state index is 13.0. The highest BCUT2D eigenvalue weighted by Gasteiger charge is 2.23. The molecule has 0 bridgehead atoms. The third-order valence-corrected chi connectivity index (χ3v) is 4.88. The van der Waals surface area contributed by atoms with Gasteiger partial charge in [-0.1, -0.05) is 28.1 Å². The van der Waals surface area contributed by atoms with Crippen molar-refractivity contribution in [2.24, 2.45) is 5.73 Å². The first kappa shape index (κ1) is 19.9. The quantitative estimate of drug-likeness (QED) is 0.471. The van der Waals surface area contributed by atoms with Gasteiger partial charge in [0.2, 0.25) is 5.82 Å². The standard InChI is InChI=1S/C18H19BrN6O3/c1-9-14(16(26)11-4-3-5-12(19)8-11)10(2)21-15(9)17-22-24-25(23-17)7-6-13(20)18(27)28/h3-5,8,13,21H,6-7,20H2,1-2H3,(H,27,28). The van der Waals surface area contributed by atoms with Crippen LogP contribution in [0.25, 0.3) is 11.5 Å². The van der Waals surface area contributed by atoms with E-state index in [-0.39, 0.29) is 18.7 Å². The lowest BCUT2D eigenvalue weighted by atomic mass is 9.99. The number of hydrogen-bond donors (Lipinski definition) is 3. The van der Waals surface area contributed by atoms with E-state index in [9.17, 15) is 9.59 Å². The summed E-state index contributed by atoms with van der Waals surface area (Å²) in [6, 6.07) is 6.22. The average molecular weight is 447 g/mol. The summed E-state index contributed by atoms with van der Waals surface area (Å²) in [7, 11) is 0. The first-order chi connectivity index (χ1) is 13.3. The minimum Gasteiger partial charge on any atom is -0.480 e. The number of carboxylic acids is 1. The molecule has 0 saturated heterocycles. The highest BCUT2D eigenvalue weighted by molar-refractivity contribution is 9.10. The molecule has 2 aromatic heterocycles. The Hall–Kier alpha value is -2.85. The molecule has 9 nitrogen and oxygen atoms in total. The molecule has 0 aliphatic rings. The predicted molar refractivity (Wildman–Crippen MR) is 105 cm³/mol. The number of carbonyl (C=O) groups excluding carboxylic acids is 1. The molecule has 0 aliphatic heterocycles. The van der Waals surface area contributed by atoms with Gasteiger partial charge in [0.1, 0.15) is 6.04 Å². The first-order valence-electron chi connectivity index (χ1n) is 8.54. The fourth-order valence-electron chi connectivity index (χ4n) is 2.90. The fraction of sp³-hybridized carbons (Fsp3) is 0.278. The minimum absolute atomic E-state index is 0.0985. The van der Waals surface area contributed by atoms with Crippen molar-refractivity contribution in [3.05, 3.63) is 51.1 Å². The van der Waals surface area contributed by atoms with Crippen LogP contribution in [0.4, 0.5) is 0 Å². The Bertz CT molecular complexity index is 1040. The average Bonchev–Trinajstić information content (AvgIpc) is 3.23. The van der Waals surface area contributed by atoms with Crippen molar-refractivity contribution in [3.63, 3.8) is 0 Å². The van der Waals surface area contributed by atoms with E-state index in [0.29, 0.717) is 28.3 Å². The zero-order chi connectivity index (χ0) is 20.4. The van der Waals surface area contributed by atoms with Gasteiger partial charge in [0.15, 0.2) is 5.78 Å². The summed E-state index contributed by atoms with van der Waals surface area (Å²) in [5, 5.41) is 21.1. The van der Waals surface area contributed by atoms with Gasteiger partial charge in [-0.3, -0.25) is 9.59 Å². The minimum atomic E-state index is -1.08. The molecule has 0 fully saturated rings. The Balaban J connectivity index is 1.86. The Labute approximate surface area is 169 Å². The number of benzene rings is 1. The number of aryl methyl sites for hydroxylation is 2. The molecule has 3 aromatic rings. The Morgan fingerprint density at radius 1 is 1.36 bits per heavy atom. The largest absolute Gasteiger partial charge is 0.480 e. The molecule has 0 spiro atoms. The number of aromatic amines is 1.